The highest BCUT2D eigenvalue weighted by Crippen LogP contribution is 2.16. The standard InChI is InChI=1S/C14H14N4O2S/c1-20-11-4-2-10(3-5-11)6-7-16-13(19)18-14-17-9-12(8-15)21-14/h2-5,9H,6-7H2,1H3,(H2,16,17,18,19). The van der Waals surface area contributed by atoms with E-state index in [-0.39, 0.29) is 6.03 Å². The summed E-state index contributed by atoms with van der Waals surface area (Å²) in [7, 11) is 1.62. The third kappa shape index (κ3) is 4.47. The van der Waals surface area contributed by atoms with Gasteiger partial charge in [0.25, 0.3) is 0 Å². The van der Waals surface area contributed by atoms with Crippen LogP contribution in [0, 0.1) is 11.3 Å². The van der Waals surface area contributed by atoms with Crippen LogP contribution in [0.4, 0.5) is 9.93 Å². The van der Waals surface area contributed by atoms with Crippen LogP contribution in [0.2, 0.25) is 0 Å². The molecule has 0 aliphatic rings. The van der Waals surface area contributed by atoms with Crippen molar-refractivity contribution in [3.8, 4) is 11.8 Å². The maximum atomic E-state index is 11.6. The van der Waals surface area contributed by atoms with Gasteiger partial charge in [-0.3, -0.25) is 5.32 Å². The van der Waals surface area contributed by atoms with Gasteiger partial charge in [-0.15, -0.1) is 0 Å². The van der Waals surface area contributed by atoms with Crippen molar-refractivity contribution < 1.29 is 9.53 Å². The van der Waals surface area contributed by atoms with Crippen molar-refractivity contribution in [3.05, 3.63) is 40.9 Å². The minimum absolute atomic E-state index is 0.331. The zero-order chi connectivity index (χ0) is 15.1. The number of methoxy groups -OCH3 is 1. The summed E-state index contributed by atoms with van der Waals surface area (Å²) in [6, 6.07) is 9.32. The van der Waals surface area contributed by atoms with Crippen LogP contribution in [-0.4, -0.2) is 24.7 Å². The van der Waals surface area contributed by atoms with Gasteiger partial charge in [0.1, 0.15) is 16.7 Å². The molecule has 2 N–H and O–H groups in total. The summed E-state index contributed by atoms with van der Waals surface area (Å²) in [6.45, 7) is 0.509. The van der Waals surface area contributed by atoms with E-state index in [1.54, 1.807) is 7.11 Å². The molecule has 0 saturated heterocycles. The quantitative estimate of drug-likeness (QED) is 0.887. The molecule has 2 amide bonds. The van der Waals surface area contributed by atoms with Crippen molar-refractivity contribution in [2.24, 2.45) is 0 Å². The number of nitriles is 1. The number of hydrogen-bond donors (Lipinski definition) is 2. The normalized spacial score (nSPS) is 9.71. The van der Waals surface area contributed by atoms with Gasteiger partial charge in [-0.1, -0.05) is 23.5 Å². The molecule has 7 heteroatoms. The number of hydrogen-bond acceptors (Lipinski definition) is 5. The number of carbonyl (C=O) groups is 1. The smallest absolute Gasteiger partial charge is 0.321 e. The lowest BCUT2D eigenvalue weighted by atomic mass is 10.1. The van der Waals surface area contributed by atoms with E-state index in [1.807, 2.05) is 30.3 Å². The topological polar surface area (TPSA) is 87.0 Å². The summed E-state index contributed by atoms with van der Waals surface area (Å²) in [5, 5.41) is 14.4. The molecule has 0 unspecified atom stereocenters. The van der Waals surface area contributed by atoms with E-state index in [1.165, 1.54) is 6.20 Å². The van der Waals surface area contributed by atoms with Gasteiger partial charge in [0.2, 0.25) is 0 Å². The second-order valence-electron chi connectivity index (χ2n) is 4.12. The maximum absolute atomic E-state index is 11.6. The highest BCUT2D eigenvalue weighted by Gasteiger charge is 2.05. The molecule has 21 heavy (non-hydrogen) atoms. The molecule has 0 radical (unpaired) electrons. The lowest BCUT2D eigenvalue weighted by Crippen LogP contribution is -2.30. The molecule has 6 nitrogen and oxygen atoms in total. The Kier molecular flexibility index (Phi) is 5.12. The fourth-order valence-electron chi connectivity index (χ4n) is 1.64. The second kappa shape index (κ2) is 7.26. The molecule has 0 saturated carbocycles. The van der Waals surface area contributed by atoms with Gasteiger partial charge in [-0.25, -0.2) is 9.78 Å². The zero-order valence-electron chi connectivity index (χ0n) is 11.4. The molecule has 2 rings (SSSR count). The number of ether oxygens (including phenoxy) is 1. The number of amides is 2. The first-order chi connectivity index (χ1) is 10.2. The van der Waals surface area contributed by atoms with E-state index < -0.39 is 0 Å². The fraction of sp³-hybridized carbons (Fsp3) is 0.214. The van der Waals surface area contributed by atoms with Crippen molar-refractivity contribution in [2.75, 3.05) is 19.0 Å². The van der Waals surface area contributed by atoms with Gasteiger partial charge in [0.15, 0.2) is 5.13 Å². The third-order valence-corrected chi connectivity index (χ3v) is 3.51. The van der Waals surface area contributed by atoms with Gasteiger partial charge in [-0.05, 0) is 24.1 Å². The SMILES string of the molecule is COc1ccc(CCNC(=O)Nc2ncc(C#N)s2)cc1. The summed E-state index contributed by atoms with van der Waals surface area (Å²) >= 11 is 1.14. The van der Waals surface area contributed by atoms with Gasteiger partial charge in [0.05, 0.1) is 13.3 Å². The van der Waals surface area contributed by atoms with E-state index in [2.05, 4.69) is 15.6 Å². The minimum Gasteiger partial charge on any atom is -0.497 e. The predicted octanol–water partition coefficient (Wildman–Crippen LogP) is 2.39. The Morgan fingerprint density at radius 3 is 2.81 bits per heavy atom. The first-order valence-electron chi connectivity index (χ1n) is 6.25. The van der Waals surface area contributed by atoms with Crippen LogP contribution < -0.4 is 15.4 Å². The van der Waals surface area contributed by atoms with Crippen LogP contribution in [0.1, 0.15) is 10.4 Å². The average molecular weight is 302 g/mol. The van der Waals surface area contributed by atoms with Crippen LogP contribution in [-0.2, 0) is 6.42 Å². The molecule has 0 aliphatic heterocycles. The highest BCUT2D eigenvalue weighted by molar-refractivity contribution is 7.16. The summed E-state index contributed by atoms with van der Waals surface area (Å²) in [5.41, 5.74) is 1.11. The number of anilines is 1. The predicted molar refractivity (Wildman–Crippen MR) is 80.5 cm³/mol. The number of urea groups is 1. The fourth-order valence-corrected chi connectivity index (χ4v) is 2.25. The molecule has 0 spiro atoms. The minimum atomic E-state index is -0.331. The number of nitrogens with zero attached hydrogens (tertiary/aromatic N) is 2. The number of carbonyl (C=O) groups excluding carboxylic acids is 1. The first-order valence-corrected chi connectivity index (χ1v) is 7.06. The third-order valence-electron chi connectivity index (χ3n) is 2.69. The number of rotatable bonds is 5. The zero-order valence-corrected chi connectivity index (χ0v) is 12.2. The Morgan fingerprint density at radius 2 is 2.19 bits per heavy atom. The van der Waals surface area contributed by atoms with Gasteiger partial charge in [0, 0.05) is 6.54 Å². The molecule has 2 aromatic rings. The molecule has 1 aromatic heterocycles. The summed E-state index contributed by atoms with van der Waals surface area (Å²) in [6.07, 6.45) is 2.15. The number of nitrogens with one attached hydrogen (secondary N) is 2. The first kappa shape index (κ1) is 14.8. The van der Waals surface area contributed by atoms with E-state index >= 15 is 0 Å². The lowest BCUT2D eigenvalue weighted by Gasteiger charge is -2.06. The largest absolute Gasteiger partial charge is 0.497 e. The van der Waals surface area contributed by atoms with Crippen molar-refractivity contribution in [2.45, 2.75) is 6.42 Å². The molecule has 108 valence electrons. The second-order valence-corrected chi connectivity index (χ2v) is 5.15. The monoisotopic (exact) mass is 302 g/mol. The summed E-state index contributed by atoms with van der Waals surface area (Å²) in [4.78, 5) is 16.0. The number of aromatic nitrogens is 1. The van der Waals surface area contributed by atoms with Gasteiger partial charge < -0.3 is 10.1 Å². The van der Waals surface area contributed by atoms with Crippen LogP contribution >= 0.6 is 11.3 Å². The molecule has 0 fully saturated rings. The molecular formula is C14H14N4O2S. The van der Waals surface area contributed by atoms with Gasteiger partial charge in [-0.2, -0.15) is 5.26 Å². The van der Waals surface area contributed by atoms with Crippen LogP contribution in [0.3, 0.4) is 0 Å². The van der Waals surface area contributed by atoms with Crippen LogP contribution in [0.25, 0.3) is 0 Å². The summed E-state index contributed by atoms with van der Waals surface area (Å²) in [5.74, 6) is 0.807. The van der Waals surface area contributed by atoms with Crippen molar-refractivity contribution in [1.82, 2.24) is 10.3 Å². The number of benzene rings is 1. The van der Waals surface area contributed by atoms with E-state index in [9.17, 15) is 4.79 Å². The highest BCUT2D eigenvalue weighted by atomic mass is 32.1. The molecule has 1 aromatic carbocycles. The number of thiazole rings is 1. The summed E-state index contributed by atoms with van der Waals surface area (Å²) < 4.78 is 5.08. The van der Waals surface area contributed by atoms with Crippen molar-refractivity contribution in [3.63, 3.8) is 0 Å². The molecule has 0 aliphatic carbocycles. The van der Waals surface area contributed by atoms with Crippen LogP contribution in [0.5, 0.6) is 5.75 Å². The average Bonchev–Trinajstić information content (AvgIpc) is 2.95. The lowest BCUT2D eigenvalue weighted by molar-refractivity contribution is 0.252. The Labute approximate surface area is 126 Å². The Bertz CT molecular complexity index is 646. The Balaban J connectivity index is 1.74. The van der Waals surface area contributed by atoms with Crippen LogP contribution in [0.15, 0.2) is 30.5 Å². The van der Waals surface area contributed by atoms with E-state index in [0.29, 0.717) is 16.6 Å². The van der Waals surface area contributed by atoms with E-state index in [0.717, 1.165) is 29.1 Å². The van der Waals surface area contributed by atoms with Gasteiger partial charge >= 0.3 is 6.03 Å². The Hall–Kier alpha value is -2.59. The van der Waals surface area contributed by atoms with E-state index in [4.69, 9.17) is 10.00 Å². The maximum Gasteiger partial charge on any atom is 0.321 e. The molecule has 0 bridgehead atoms. The van der Waals surface area contributed by atoms with Crippen molar-refractivity contribution in [1.29, 1.82) is 5.26 Å². The molecule has 0 atom stereocenters. The molecule has 1 heterocycles. The Morgan fingerprint density at radius 1 is 1.43 bits per heavy atom. The van der Waals surface area contributed by atoms with Crippen molar-refractivity contribution >= 4 is 22.5 Å². The molecular weight excluding hydrogens is 288 g/mol.